The first-order chi connectivity index (χ1) is 7.27. The second-order valence-corrected chi connectivity index (χ2v) is 3.12. The van der Waals surface area contributed by atoms with Crippen LogP contribution >= 0.6 is 0 Å². The Morgan fingerprint density at radius 1 is 1.53 bits per heavy atom. The molecule has 1 aromatic heterocycles. The van der Waals surface area contributed by atoms with E-state index in [1.165, 1.54) is 12.4 Å². The fourth-order valence-electron chi connectivity index (χ4n) is 1.32. The van der Waals surface area contributed by atoms with Gasteiger partial charge in [-0.3, -0.25) is 0 Å². The number of carbonyl (C=O) groups is 1. The largest absolute Gasteiger partial charge is 0.476 e. The normalized spacial score (nSPS) is 20.1. The Morgan fingerprint density at radius 3 is 3.00 bits per heavy atom. The minimum Gasteiger partial charge on any atom is -0.476 e. The van der Waals surface area contributed by atoms with E-state index in [9.17, 15) is 4.79 Å². The molecule has 1 saturated heterocycles. The number of carboxylic acids is 1. The quantitative estimate of drug-likeness (QED) is 0.774. The van der Waals surface area contributed by atoms with Crippen molar-refractivity contribution >= 4 is 5.97 Å². The van der Waals surface area contributed by atoms with Crippen LogP contribution in [0.3, 0.4) is 0 Å². The minimum atomic E-state index is -1.14. The smallest absolute Gasteiger partial charge is 0.360 e. The van der Waals surface area contributed by atoms with Crippen LogP contribution in [0.15, 0.2) is 12.4 Å². The van der Waals surface area contributed by atoms with Crippen molar-refractivity contribution in [1.82, 2.24) is 9.97 Å². The minimum absolute atomic E-state index is 0.0560. The summed E-state index contributed by atoms with van der Waals surface area (Å²) in [5, 5.41) is 8.83. The van der Waals surface area contributed by atoms with E-state index in [0.717, 1.165) is 6.42 Å². The maximum absolute atomic E-state index is 10.8. The second kappa shape index (κ2) is 4.22. The van der Waals surface area contributed by atoms with Crippen LogP contribution in [-0.2, 0) is 4.74 Å². The van der Waals surface area contributed by atoms with Crippen LogP contribution in [0.2, 0.25) is 0 Å². The van der Waals surface area contributed by atoms with Crippen LogP contribution in [0.5, 0.6) is 5.88 Å². The summed E-state index contributed by atoms with van der Waals surface area (Å²) < 4.78 is 10.5. The van der Waals surface area contributed by atoms with Crippen molar-refractivity contribution in [1.29, 1.82) is 0 Å². The summed E-state index contributed by atoms with van der Waals surface area (Å²) in [5.41, 5.74) is -0.163. The Balaban J connectivity index is 2.15. The highest BCUT2D eigenvalue weighted by Gasteiger charge is 2.21. The molecule has 1 N–H and O–H groups in total. The lowest BCUT2D eigenvalue weighted by Crippen LogP contribution is -2.19. The molecule has 1 unspecified atom stereocenters. The second-order valence-electron chi connectivity index (χ2n) is 3.12. The molecule has 1 aromatic rings. The number of hydrogen-bond donors (Lipinski definition) is 1. The van der Waals surface area contributed by atoms with Crippen molar-refractivity contribution in [2.45, 2.75) is 12.5 Å². The summed E-state index contributed by atoms with van der Waals surface area (Å²) in [6, 6.07) is 0. The molecule has 0 bridgehead atoms. The summed E-state index contributed by atoms with van der Waals surface area (Å²) in [5.74, 6) is -1.09. The van der Waals surface area contributed by atoms with E-state index in [2.05, 4.69) is 9.97 Å². The lowest BCUT2D eigenvalue weighted by Gasteiger charge is -2.11. The van der Waals surface area contributed by atoms with Crippen molar-refractivity contribution < 1.29 is 19.4 Å². The highest BCUT2D eigenvalue weighted by molar-refractivity contribution is 5.87. The van der Waals surface area contributed by atoms with Crippen molar-refractivity contribution in [3.8, 4) is 5.88 Å². The van der Waals surface area contributed by atoms with Gasteiger partial charge < -0.3 is 14.6 Å². The molecule has 1 fully saturated rings. The van der Waals surface area contributed by atoms with Crippen LogP contribution in [-0.4, -0.2) is 40.4 Å². The summed E-state index contributed by atoms with van der Waals surface area (Å²) >= 11 is 0. The standard InChI is InChI=1S/C9H10N2O4/c12-9(13)7-8(11-3-2-10-7)15-6-1-4-14-5-6/h2-3,6H,1,4-5H2,(H,12,13). The van der Waals surface area contributed by atoms with E-state index in [4.69, 9.17) is 14.6 Å². The summed E-state index contributed by atoms with van der Waals surface area (Å²) in [6.45, 7) is 1.10. The van der Waals surface area contributed by atoms with Gasteiger partial charge in [0.2, 0.25) is 11.6 Å². The summed E-state index contributed by atoms with van der Waals surface area (Å²) in [7, 11) is 0. The highest BCUT2D eigenvalue weighted by Crippen LogP contribution is 2.17. The molecule has 1 aliphatic rings. The SMILES string of the molecule is O=C(O)c1nccnc1OC1CCOC1. The van der Waals surface area contributed by atoms with Crippen molar-refractivity contribution in [3.63, 3.8) is 0 Å². The van der Waals surface area contributed by atoms with Crippen molar-refractivity contribution in [2.24, 2.45) is 0 Å². The third kappa shape index (κ3) is 2.21. The molecule has 0 aliphatic carbocycles. The number of aromatic nitrogens is 2. The molecule has 6 heteroatoms. The van der Waals surface area contributed by atoms with Gasteiger partial charge in [0.25, 0.3) is 0 Å². The number of hydrogen-bond acceptors (Lipinski definition) is 5. The highest BCUT2D eigenvalue weighted by atomic mass is 16.5. The van der Waals surface area contributed by atoms with Gasteiger partial charge in [0.15, 0.2) is 0 Å². The molecule has 1 aliphatic heterocycles. The summed E-state index contributed by atoms with van der Waals surface area (Å²) in [6.07, 6.45) is 3.34. The van der Waals surface area contributed by atoms with E-state index < -0.39 is 5.97 Å². The molecule has 15 heavy (non-hydrogen) atoms. The molecule has 80 valence electrons. The van der Waals surface area contributed by atoms with Crippen molar-refractivity contribution in [3.05, 3.63) is 18.1 Å². The van der Waals surface area contributed by atoms with Gasteiger partial charge in [0, 0.05) is 18.8 Å². The molecule has 0 radical (unpaired) electrons. The molecule has 2 heterocycles. The van der Waals surface area contributed by atoms with E-state index in [0.29, 0.717) is 13.2 Å². The topological polar surface area (TPSA) is 81.5 Å². The predicted molar refractivity (Wildman–Crippen MR) is 48.8 cm³/mol. The molecule has 2 rings (SSSR count). The average molecular weight is 210 g/mol. The molecule has 0 spiro atoms. The van der Waals surface area contributed by atoms with Crippen molar-refractivity contribution in [2.75, 3.05) is 13.2 Å². The zero-order chi connectivity index (χ0) is 10.7. The van der Waals surface area contributed by atoms with Gasteiger partial charge in [0.1, 0.15) is 6.10 Å². The molecular formula is C9H10N2O4. The van der Waals surface area contributed by atoms with Gasteiger partial charge in [-0.15, -0.1) is 0 Å². The van der Waals surface area contributed by atoms with Gasteiger partial charge in [-0.1, -0.05) is 0 Å². The van der Waals surface area contributed by atoms with Gasteiger partial charge in [-0.25, -0.2) is 14.8 Å². The lowest BCUT2D eigenvalue weighted by atomic mass is 10.3. The maximum Gasteiger partial charge on any atom is 0.360 e. The number of nitrogens with zero attached hydrogens (tertiary/aromatic N) is 2. The lowest BCUT2D eigenvalue weighted by molar-refractivity contribution is 0.0677. The van der Waals surface area contributed by atoms with Crippen LogP contribution < -0.4 is 4.74 Å². The van der Waals surface area contributed by atoms with Gasteiger partial charge >= 0.3 is 5.97 Å². The van der Waals surface area contributed by atoms with Crippen LogP contribution in [0.1, 0.15) is 16.9 Å². The Hall–Kier alpha value is -1.69. The fraction of sp³-hybridized carbons (Fsp3) is 0.444. The third-order valence-electron chi connectivity index (χ3n) is 2.03. The van der Waals surface area contributed by atoms with Gasteiger partial charge in [-0.05, 0) is 0 Å². The zero-order valence-corrected chi connectivity index (χ0v) is 7.92. The van der Waals surface area contributed by atoms with E-state index in [1.54, 1.807) is 0 Å². The molecule has 6 nitrogen and oxygen atoms in total. The summed E-state index contributed by atoms with van der Waals surface area (Å²) in [4.78, 5) is 18.3. The Kier molecular flexibility index (Phi) is 2.77. The maximum atomic E-state index is 10.8. The van der Waals surface area contributed by atoms with Gasteiger partial charge in [0.05, 0.1) is 13.2 Å². The molecule has 0 amide bonds. The Morgan fingerprint density at radius 2 is 2.33 bits per heavy atom. The molecule has 1 atom stereocenters. The van der Waals surface area contributed by atoms with E-state index >= 15 is 0 Å². The first-order valence-electron chi connectivity index (χ1n) is 4.56. The van der Waals surface area contributed by atoms with Crippen LogP contribution in [0, 0.1) is 0 Å². The molecular weight excluding hydrogens is 200 g/mol. The Labute approximate surface area is 85.9 Å². The Bertz CT molecular complexity index is 363. The van der Waals surface area contributed by atoms with Crippen LogP contribution in [0.25, 0.3) is 0 Å². The first kappa shape index (κ1) is 9.85. The third-order valence-corrected chi connectivity index (χ3v) is 2.03. The molecule has 0 aromatic carbocycles. The number of rotatable bonds is 3. The van der Waals surface area contributed by atoms with Gasteiger partial charge in [-0.2, -0.15) is 0 Å². The van der Waals surface area contributed by atoms with E-state index in [1.807, 2.05) is 0 Å². The van der Waals surface area contributed by atoms with Crippen LogP contribution in [0.4, 0.5) is 0 Å². The monoisotopic (exact) mass is 210 g/mol. The number of aromatic carboxylic acids is 1. The van der Waals surface area contributed by atoms with E-state index in [-0.39, 0.29) is 17.7 Å². The number of ether oxygens (including phenoxy) is 2. The molecule has 0 saturated carbocycles. The zero-order valence-electron chi connectivity index (χ0n) is 7.92. The average Bonchev–Trinajstić information content (AvgIpc) is 2.71. The predicted octanol–water partition coefficient (Wildman–Crippen LogP) is 0.343. The first-order valence-corrected chi connectivity index (χ1v) is 4.56. The fourth-order valence-corrected chi connectivity index (χ4v) is 1.32. The number of carboxylic acid groups (broad SMARTS) is 1.